The lowest BCUT2D eigenvalue weighted by atomic mass is 10.0. The van der Waals surface area contributed by atoms with Gasteiger partial charge in [-0.1, -0.05) is 5.16 Å². The number of nitrogens with zero attached hydrogens (tertiary/aromatic N) is 5. The molecular weight excluding hydrogens is 244 g/mol. The summed E-state index contributed by atoms with van der Waals surface area (Å²) in [5, 5.41) is 19.9. The Morgan fingerprint density at radius 2 is 2.16 bits per heavy atom. The highest BCUT2D eigenvalue weighted by Gasteiger charge is 2.24. The lowest BCUT2D eigenvalue weighted by molar-refractivity contribution is 0.249. The average molecular weight is 264 g/mol. The van der Waals surface area contributed by atoms with E-state index in [1.807, 2.05) is 0 Å². The molecule has 104 valence electrons. The van der Waals surface area contributed by atoms with Gasteiger partial charge in [0.2, 0.25) is 0 Å². The second kappa shape index (κ2) is 5.83. The van der Waals surface area contributed by atoms with Crippen molar-refractivity contribution in [1.29, 1.82) is 0 Å². The van der Waals surface area contributed by atoms with Gasteiger partial charge in [0, 0.05) is 19.1 Å². The van der Waals surface area contributed by atoms with Gasteiger partial charge in [-0.05, 0) is 33.0 Å². The lowest BCUT2D eigenvalue weighted by Gasteiger charge is -2.36. The number of hydrogen-bond donors (Lipinski definition) is 2. The van der Waals surface area contributed by atoms with E-state index in [1.54, 1.807) is 12.3 Å². The van der Waals surface area contributed by atoms with Gasteiger partial charge in [-0.25, -0.2) is 0 Å². The summed E-state index contributed by atoms with van der Waals surface area (Å²) in [7, 11) is 4.20. The quantitative estimate of drug-likeness (QED) is 0.348. The number of hydrogen-bond acceptors (Lipinski definition) is 6. The molecule has 19 heavy (non-hydrogen) atoms. The Hall–Kier alpha value is -1.89. The van der Waals surface area contributed by atoms with Crippen molar-refractivity contribution < 1.29 is 5.21 Å². The van der Waals surface area contributed by atoms with Gasteiger partial charge >= 0.3 is 0 Å². The molecule has 0 amide bonds. The van der Waals surface area contributed by atoms with E-state index in [0.717, 1.165) is 25.9 Å². The molecule has 1 fully saturated rings. The van der Waals surface area contributed by atoms with Gasteiger partial charge in [0.1, 0.15) is 0 Å². The first kappa shape index (κ1) is 13.5. The summed E-state index contributed by atoms with van der Waals surface area (Å²) in [6.07, 6.45) is 3.68. The van der Waals surface area contributed by atoms with Crippen LogP contribution in [-0.4, -0.2) is 59.4 Å². The van der Waals surface area contributed by atoms with Crippen LogP contribution in [0.25, 0.3) is 0 Å². The minimum absolute atomic E-state index is 0.0691. The zero-order valence-corrected chi connectivity index (χ0v) is 11.3. The highest BCUT2D eigenvalue weighted by molar-refractivity contribution is 6.01. The maximum Gasteiger partial charge on any atom is 0.173 e. The standard InChI is InChI=1S/C12H20N6O/c1-17(2)9-4-7-18(8-5-9)12-10(11(13)16-19)3-6-14-15-12/h3,6,9,19H,4-5,7-8H2,1-2H3,(H2,13,16). The van der Waals surface area contributed by atoms with Crippen LogP contribution < -0.4 is 10.6 Å². The number of anilines is 1. The summed E-state index contributed by atoms with van der Waals surface area (Å²) in [6, 6.07) is 2.32. The molecule has 0 spiro atoms. The van der Waals surface area contributed by atoms with E-state index in [-0.39, 0.29) is 5.84 Å². The normalized spacial score (nSPS) is 18.1. The Kier molecular flexibility index (Phi) is 4.16. The summed E-state index contributed by atoms with van der Waals surface area (Å²) in [4.78, 5) is 4.39. The predicted octanol–water partition coefficient (Wildman–Crippen LogP) is 0.102. The van der Waals surface area contributed by atoms with Gasteiger partial charge in [-0.3, -0.25) is 0 Å². The summed E-state index contributed by atoms with van der Waals surface area (Å²) < 4.78 is 0. The highest BCUT2D eigenvalue weighted by Crippen LogP contribution is 2.22. The Morgan fingerprint density at radius 3 is 2.74 bits per heavy atom. The third-order valence-electron chi connectivity index (χ3n) is 3.58. The molecule has 1 aromatic rings. The largest absolute Gasteiger partial charge is 0.409 e. The maximum absolute atomic E-state index is 8.82. The minimum Gasteiger partial charge on any atom is -0.409 e. The monoisotopic (exact) mass is 264 g/mol. The Labute approximate surface area is 112 Å². The number of nitrogens with two attached hydrogens (primary N) is 1. The van der Waals surface area contributed by atoms with Crippen molar-refractivity contribution in [1.82, 2.24) is 15.1 Å². The molecule has 1 aromatic heterocycles. The van der Waals surface area contributed by atoms with Crippen molar-refractivity contribution in [2.24, 2.45) is 10.9 Å². The van der Waals surface area contributed by atoms with Gasteiger partial charge in [-0.2, -0.15) is 5.10 Å². The number of piperidine rings is 1. The highest BCUT2D eigenvalue weighted by atomic mass is 16.4. The van der Waals surface area contributed by atoms with Crippen molar-refractivity contribution in [2.45, 2.75) is 18.9 Å². The van der Waals surface area contributed by atoms with Crippen molar-refractivity contribution in [3.8, 4) is 0 Å². The zero-order chi connectivity index (χ0) is 13.8. The molecule has 2 heterocycles. The Balaban J connectivity index is 2.16. The molecule has 0 bridgehead atoms. The first-order valence-electron chi connectivity index (χ1n) is 6.34. The fraction of sp³-hybridized carbons (Fsp3) is 0.583. The molecule has 3 N–H and O–H groups in total. The molecule has 0 saturated carbocycles. The molecule has 0 unspecified atom stereocenters. The molecule has 7 heteroatoms. The number of oxime groups is 1. The van der Waals surface area contributed by atoms with E-state index in [0.29, 0.717) is 17.4 Å². The summed E-state index contributed by atoms with van der Waals surface area (Å²) in [6.45, 7) is 1.79. The summed E-state index contributed by atoms with van der Waals surface area (Å²) in [5.74, 6) is 0.759. The molecule has 0 aliphatic carbocycles. The van der Waals surface area contributed by atoms with E-state index < -0.39 is 0 Å². The number of amidine groups is 1. The SMILES string of the molecule is CN(C)C1CCN(c2nnccc2/C(N)=N/O)CC1. The third-order valence-corrected chi connectivity index (χ3v) is 3.58. The molecule has 7 nitrogen and oxygen atoms in total. The van der Waals surface area contributed by atoms with Crippen LogP contribution in [0.4, 0.5) is 5.82 Å². The zero-order valence-electron chi connectivity index (χ0n) is 11.3. The minimum atomic E-state index is 0.0691. The second-order valence-corrected chi connectivity index (χ2v) is 4.94. The third kappa shape index (κ3) is 2.93. The van der Waals surface area contributed by atoms with E-state index in [4.69, 9.17) is 10.9 Å². The maximum atomic E-state index is 8.82. The van der Waals surface area contributed by atoms with Crippen LogP contribution in [0.3, 0.4) is 0 Å². The van der Waals surface area contributed by atoms with Crippen LogP contribution in [0.1, 0.15) is 18.4 Å². The Bertz CT molecular complexity index is 453. The van der Waals surface area contributed by atoms with Gasteiger partial charge in [0.25, 0.3) is 0 Å². The summed E-state index contributed by atoms with van der Waals surface area (Å²) in [5.41, 5.74) is 6.30. The molecule has 1 aliphatic heterocycles. The van der Waals surface area contributed by atoms with Crippen molar-refractivity contribution in [3.05, 3.63) is 17.8 Å². The molecule has 1 aliphatic rings. The van der Waals surface area contributed by atoms with Crippen molar-refractivity contribution in [2.75, 3.05) is 32.1 Å². The lowest BCUT2D eigenvalue weighted by Crippen LogP contribution is -2.43. The second-order valence-electron chi connectivity index (χ2n) is 4.94. The van der Waals surface area contributed by atoms with Gasteiger partial charge in [0.05, 0.1) is 11.8 Å². The van der Waals surface area contributed by atoms with Crippen LogP contribution in [0.5, 0.6) is 0 Å². The van der Waals surface area contributed by atoms with E-state index in [1.165, 1.54) is 0 Å². The number of aromatic nitrogens is 2. The predicted molar refractivity (Wildman–Crippen MR) is 73.5 cm³/mol. The van der Waals surface area contributed by atoms with Crippen LogP contribution in [0.2, 0.25) is 0 Å². The first-order valence-corrected chi connectivity index (χ1v) is 6.34. The Morgan fingerprint density at radius 1 is 1.47 bits per heavy atom. The van der Waals surface area contributed by atoms with Crippen LogP contribution in [0, 0.1) is 0 Å². The molecule has 0 radical (unpaired) electrons. The first-order chi connectivity index (χ1) is 9.13. The number of rotatable bonds is 3. The molecular formula is C12H20N6O. The topological polar surface area (TPSA) is 90.9 Å². The van der Waals surface area contributed by atoms with Gasteiger partial charge < -0.3 is 20.7 Å². The van der Waals surface area contributed by atoms with E-state index in [9.17, 15) is 0 Å². The van der Waals surface area contributed by atoms with Crippen molar-refractivity contribution >= 4 is 11.7 Å². The van der Waals surface area contributed by atoms with E-state index in [2.05, 4.69) is 39.2 Å². The average Bonchev–Trinajstić information content (AvgIpc) is 2.46. The molecule has 2 rings (SSSR count). The fourth-order valence-corrected chi connectivity index (χ4v) is 2.41. The van der Waals surface area contributed by atoms with Gasteiger partial charge in [0.15, 0.2) is 11.7 Å². The molecule has 0 aromatic carbocycles. The fourth-order valence-electron chi connectivity index (χ4n) is 2.41. The van der Waals surface area contributed by atoms with Gasteiger partial charge in [-0.15, -0.1) is 5.10 Å². The van der Waals surface area contributed by atoms with Crippen LogP contribution in [0.15, 0.2) is 17.4 Å². The summed E-state index contributed by atoms with van der Waals surface area (Å²) >= 11 is 0. The van der Waals surface area contributed by atoms with Crippen LogP contribution >= 0.6 is 0 Å². The van der Waals surface area contributed by atoms with Crippen LogP contribution in [-0.2, 0) is 0 Å². The van der Waals surface area contributed by atoms with Crippen molar-refractivity contribution in [3.63, 3.8) is 0 Å². The molecule has 1 saturated heterocycles. The van der Waals surface area contributed by atoms with E-state index >= 15 is 0 Å². The molecule has 0 atom stereocenters. The smallest absolute Gasteiger partial charge is 0.173 e.